The Labute approximate surface area is 312 Å². The minimum absolute atomic E-state index is 0. The van der Waals surface area contributed by atoms with E-state index in [9.17, 15) is 0 Å². The molecule has 0 saturated carbocycles. The van der Waals surface area contributed by atoms with E-state index in [0.717, 1.165) is 39.8 Å². The Kier molecular flexibility index (Phi) is 9.55. The van der Waals surface area contributed by atoms with Crippen LogP contribution in [0.4, 0.5) is 17.2 Å². The fourth-order valence-electron chi connectivity index (χ4n) is 6.73. The van der Waals surface area contributed by atoms with Gasteiger partial charge in [0.25, 0.3) is 0 Å². The molecule has 0 bridgehead atoms. The molecule has 0 atom stereocenters. The molecule has 0 aliphatic rings. The molecule has 0 aliphatic heterocycles. The maximum absolute atomic E-state index is 5.30. The van der Waals surface area contributed by atoms with E-state index in [-0.39, 0.29) is 21.1 Å². The number of nitrogens with zero attached hydrogens (tertiary/aromatic N) is 4. The summed E-state index contributed by atoms with van der Waals surface area (Å²) in [5.74, 6) is 2.39. The Morgan fingerprint density at radius 2 is 1.44 bits per heavy atom. The number of aromatic nitrogens is 3. The molecule has 248 valence electrons. The zero-order valence-corrected chi connectivity index (χ0v) is 31.5. The van der Waals surface area contributed by atoms with Crippen molar-refractivity contribution in [3.8, 4) is 28.3 Å². The van der Waals surface area contributed by atoms with Gasteiger partial charge in [-0.1, -0.05) is 99.8 Å². The molecule has 50 heavy (non-hydrogen) atoms. The standard InChI is InChI=1S/C44H36N4S.Pt/c1-29(2)34-19-11-20-35(30(3)4)42(34)47-27-26-45-44(47)31-14-10-17-33(28-31)48(32-15-6-5-7-16-32)41-25-13-23-39(46-41)38-22-12-21-37-36-18-8-9-24-40(36)49-43(37)38;/h5-21,23-27,29-30H,1-4H3;/q-2;+2. The fraction of sp³-hybridized carbons (Fsp3) is 0.136. The van der Waals surface area contributed by atoms with Gasteiger partial charge in [0.1, 0.15) is 5.82 Å². The minimum atomic E-state index is 0. The summed E-state index contributed by atoms with van der Waals surface area (Å²) in [4.78, 5) is 12.4. The third-order valence-electron chi connectivity index (χ3n) is 9.06. The smallest absolute Gasteiger partial charge is 0.340 e. The van der Waals surface area contributed by atoms with Crippen LogP contribution in [0.5, 0.6) is 0 Å². The van der Waals surface area contributed by atoms with Gasteiger partial charge in [-0.2, -0.15) is 11.3 Å². The van der Waals surface area contributed by atoms with Gasteiger partial charge in [-0.3, -0.25) is 9.97 Å². The van der Waals surface area contributed by atoms with Crippen LogP contribution in [0, 0.1) is 12.1 Å². The zero-order chi connectivity index (χ0) is 33.5. The van der Waals surface area contributed by atoms with Crippen molar-refractivity contribution in [2.75, 3.05) is 4.90 Å². The molecule has 5 aromatic carbocycles. The van der Waals surface area contributed by atoms with E-state index in [4.69, 9.17) is 9.97 Å². The number of anilines is 3. The summed E-state index contributed by atoms with van der Waals surface area (Å²) in [5, 5.41) is 2.50. The van der Waals surface area contributed by atoms with Crippen LogP contribution in [0.25, 0.3) is 48.5 Å². The third kappa shape index (κ3) is 6.10. The number of benzene rings is 5. The molecule has 0 radical (unpaired) electrons. The van der Waals surface area contributed by atoms with Crippen molar-refractivity contribution in [2.24, 2.45) is 0 Å². The zero-order valence-electron chi connectivity index (χ0n) is 28.4. The summed E-state index contributed by atoms with van der Waals surface area (Å²) < 4.78 is 4.71. The van der Waals surface area contributed by atoms with Crippen molar-refractivity contribution >= 4 is 48.7 Å². The average Bonchev–Trinajstić information content (AvgIpc) is 3.78. The van der Waals surface area contributed by atoms with Crippen molar-refractivity contribution in [3.63, 3.8) is 0 Å². The van der Waals surface area contributed by atoms with Gasteiger partial charge in [-0.25, -0.2) is 0 Å². The van der Waals surface area contributed by atoms with Crippen LogP contribution in [0.3, 0.4) is 0 Å². The van der Waals surface area contributed by atoms with E-state index in [0.29, 0.717) is 11.8 Å². The monoisotopic (exact) mass is 847 g/mol. The molecule has 0 saturated heterocycles. The summed E-state index contributed by atoms with van der Waals surface area (Å²) in [5.41, 5.74) is 8.51. The molecular formula is C44H36N4PtS. The second kappa shape index (κ2) is 14.2. The van der Waals surface area contributed by atoms with Gasteiger partial charge in [0.15, 0.2) is 0 Å². The minimum Gasteiger partial charge on any atom is -0.340 e. The van der Waals surface area contributed by atoms with Crippen LogP contribution in [0.15, 0.2) is 134 Å². The second-order valence-electron chi connectivity index (χ2n) is 12.9. The van der Waals surface area contributed by atoms with Crippen LogP contribution < -0.4 is 4.90 Å². The van der Waals surface area contributed by atoms with Gasteiger partial charge in [-0.15, -0.1) is 53.6 Å². The van der Waals surface area contributed by atoms with Crippen molar-refractivity contribution < 1.29 is 21.1 Å². The van der Waals surface area contributed by atoms with Crippen molar-refractivity contribution in [1.29, 1.82) is 0 Å². The fourth-order valence-corrected chi connectivity index (χ4v) is 7.94. The molecule has 0 amide bonds. The molecule has 0 spiro atoms. The average molecular weight is 848 g/mol. The number of rotatable bonds is 8. The van der Waals surface area contributed by atoms with E-state index in [1.54, 1.807) is 11.3 Å². The largest absolute Gasteiger partial charge is 2.00 e. The Morgan fingerprint density at radius 3 is 2.22 bits per heavy atom. The number of fused-ring (bicyclic) bond motifs is 3. The van der Waals surface area contributed by atoms with Gasteiger partial charge in [0.2, 0.25) is 0 Å². The number of imidazole rings is 1. The Bertz CT molecular complexity index is 2400. The SMILES string of the molecule is CC(C)c1cccc(C(C)C)c1-n1ccnc1-c1[c-]c(N(c2ccccc2)c2cccc(-c3[c-]ccc4c3sc3ccccc34)n2)ccc1.[Pt+2]. The number of para-hydroxylation sites is 2. The van der Waals surface area contributed by atoms with Crippen LogP contribution in [-0.4, -0.2) is 14.5 Å². The Morgan fingerprint density at radius 1 is 0.720 bits per heavy atom. The van der Waals surface area contributed by atoms with E-state index in [1.807, 2.05) is 18.3 Å². The Balaban J connectivity index is 0.00000392. The summed E-state index contributed by atoms with van der Waals surface area (Å²) in [6.45, 7) is 9.02. The van der Waals surface area contributed by atoms with Crippen molar-refractivity contribution in [3.05, 3.63) is 157 Å². The summed E-state index contributed by atoms with van der Waals surface area (Å²) >= 11 is 1.79. The molecule has 8 rings (SSSR count). The first kappa shape index (κ1) is 33.7. The van der Waals surface area contributed by atoms with Gasteiger partial charge in [0.05, 0.1) is 5.82 Å². The number of pyridine rings is 1. The predicted molar refractivity (Wildman–Crippen MR) is 206 cm³/mol. The normalized spacial score (nSPS) is 11.4. The van der Waals surface area contributed by atoms with E-state index in [1.165, 1.54) is 37.0 Å². The first-order chi connectivity index (χ1) is 24.0. The van der Waals surface area contributed by atoms with Crippen molar-refractivity contribution in [2.45, 2.75) is 39.5 Å². The summed E-state index contributed by atoms with van der Waals surface area (Å²) in [6.07, 6.45) is 3.97. The topological polar surface area (TPSA) is 34.0 Å². The van der Waals surface area contributed by atoms with Crippen LogP contribution in [-0.2, 0) is 21.1 Å². The van der Waals surface area contributed by atoms with Gasteiger partial charge < -0.3 is 9.47 Å². The van der Waals surface area contributed by atoms with Crippen LogP contribution in [0.1, 0.15) is 50.7 Å². The molecule has 0 N–H and O–H groups in total. The molecule has 0 unspecified atom stereocenters. The van der Waals surface area contributed by atoms with Crippen molar-refractivity contribution in [1.82, 2.24) is 14.5 Å². The molecule has 8 aromatic rings. The molecular weight excluding hydrogens is 812 g/mol. The summed E-state index contributed by atoms with van der Waals surface area (Å²) in [7, 11) is 0. The van der Waals surface area contributed by atoms with Gasteiger partial charge in [0, 0.05) is 28.5 Å². The molecule has 3 heterocycles. The molecule has 6 heteroatoms. The van der Waals surface area contributed by atoms with Gasteiger partial charge in [-0.05, 0) is 68.7 Å². The molecule has 4 nitrogen and oxygen atoms in total. The van der Waals surface area contributed by atoms with Crippen LogP contribution >= 0.6 is 11.3 Å². The predicted octanol–water partition coefficient (Wildman–Crippen LogP) is 12.3. The molecule has 0 fully saturated rings. The third-order valence-corrected chi connectivity index (χ3v) is 10.3. The maximum Gasteiger partial charge on any atom is 2.00 e. The molecule has 0 aliphatic carbocycles. The summed E-state index contributed by atoms with van der Waals surface area (Å²) in [6, 6.07) is 49.6. The van der Waals surface area contributed by atoms with E-state index < -0.39 is 0 Å². The first-order valence-electron chi connectivity index (χ1n) is 16.8. The van der Waals surface area contributed by atoms with Gasteiger partial charge >= 0.3 is 21.1 Å². The Hall–Kier alpha value is -4.83. The molecule has 3 aromatic heterocycles. The first-order valence-corrected chi connectivity index (χ1v) is 17.6. The number of hydrogen-bond acceptors (Lipinski definition) is 4. The van der Waals surface area contributed by atoms with E-state index >= 15 is 0 Å². The number of thiophene rings is 1. The van der Waals surface area contributed by atoms with Crippen LogP contribution in [0.2, 0.25) is 0 Å². The maximum atomic E-state index is 5.30. The second-order valence-corrected chi connectivity index (χ2v) is 14.0. The quantitative estimate of drug-likeness (QED) is 0.143. The van der Waals surface area contributed by atoms with E-state index in [2.05, 4.69) is 165 Å². The number of hydrogen-bond donors (Lipinski definition) is 0.